The Morgan fingerprint density at radius 3 is 2.67 bits per heavy atom. The van der Waals surface area contributed by atoms with Crippen molar-refractivity contribution in [1.29, 1.82) is 0 Å². The van der Waals surface area contributed by atoms with Gasteiger partial charge in [-0.3, -0.25) is 9.59 Å². The summed E-state index contributed by atoms with van der Waals surface area (Å²) in [6, 6.07) is 15.0. The molecule has 0 radical (unpaired) electrons. The van der Waals surface area contributed by atoms with E-state index >= 15 is 0 Å². The Bertz CT molecular complexity index is 966. The zero-order chi connectivity index (χ0) is 17.1. The molecule has 0 spiro atoms. The number of amides is 1. The minimum absolute atomic E-state index is 0.128. The maximum Gasteiger partial charge on any atom is 0.274 e. The predicted molar refractivity (Wildman–Crippen MR) is 96.7 cm³/mol. The summed E-state index contributed by atoms with van der Waals surface area (Å²) in [6.45, 7) is 0.446. The van der Waals surface area contributed by atoms with E-state index < -0.39 is 0 Å². The molecule has 0 fully saturated rings. The number of aryl methyl sites for hydroxylation is 1. The normalized spacial score (nSPS) is 10.8. The molecule has 3 aromatic rings. The van der Waals surface area contributed by atoms with E-state index in [1.165, 1.54) is 4.68 Å². The van der Waals surface area contributed by atoms with Gasteiger partial charge < -0.3 is 5.32 Å². The second-order valence-electron chi connectivity index (χ2n) is 5.50. The Balaban J connectivity index is 1.78. The monoisotopic (exact) mass is 385 g/mol. The molecule has 1 aromatic heterocycles. The fourth-order valence-electron chi connectivity index (χ4n) is 2.57. The van der Waals surface area contributed by atoms with Crippen LogP contribution in [0, 0.1) is 0 Å². The fourth-order valence-corrected chi connectivity index (χ4v) is 3.02. The van der Waals surface area contributed by atoms with Crippen LogP contribution >= 0.6 is 15.9 Å². The molecule has 1 N–H and O–H groups in total. The number of rotatable bonds is 4. The van der Waals surface area contributed by atoms with Crippen LogP contribution in [-0.4, -0.2) is 15.7 Å². The maximum absolute atomic E-state index is 12.3. The fraction of sp³-hybridized carbons (Fsp3) is 0.167. The average Bonchev–Trinajstić information content (AvgIpc) is 2.58. The van der Waals surface area contributed by atoms with Crippen LogP contribution in [0.1, 0.15) is 11.3 Å². The summed E-state index contributed by atoms with van der Waals surface area (Å²) in [4.78, 5) is 24.4. The Hall–Kier alpha value is -2.47. The average molecular weight is 386 g/mol. The number of hydrogen-bond donors (Lipinski definition) is 1. The number of carbonyl (C=O) groups excluding carboxylic acids is 1. The third-order valence-electron chi connectivity index (χ3n) is 3.74. The van der Waals surface area contributed by atoms with Crippen LogP contribution in [0.15, 0.2) is 57.8 Å². The first-order chi connectivity index (χ1) is 11.5. The molecular weight excluding hydrogens is 370 g/mol. The van der Waals surface area contributed by atoms with E-state index in [1.807, 2.05) is 36.4 Å². The van der Waals surface area contributed by atoms with E-state index in [0.717, 1.165) is 15.4 Å². The summed E-state index contributed by atoms with van der Waals surface area (Å²) in [7, 11) is 1.59. The molecule has 24 heavy (non-hydrogen) atoms. The maximum atomic E-state index is 12.3. The quantitative estimate of drug-likeness (QED) is 0.750. The third-order valence-corrected chi connectivity index (χ3v) is 4.23. The van der Waals surface area contributed by atoms with Gasteiger partial charge in [0.25, 0.3) is 5.56 Å². The van der Waals surface area contributed by atoms with Gasteiger partial charge in [-0.25, -0.2) is 4.68 Å². The lowest BCUT2D eigenvalue weighted by Crippen LogP contribution is -2.27. The summed E-state index contributed by atoms with van der Waals surface area (Å²) in [5.74, 6) is -0.133. The van der Waals surface area contributed by atoms with Gasteiger partial charge in [0.15, 0.2) is 0 Å². The standard InChI is InChI=1S/C18H16BrN3O2/c1-22-18(24)15-8-3-2-7-14(15)16(21-22)10-17(23)20-11-12-5-4-6-13(19)9-12/h2-9H,10-11H2,1H3,(H,20,23). The van der Waals surface area contributed by atoms with E-state index in [9.17, 15) is 9.59 Å². The highest BCUT2D eigenvalue weighted by Crippen LogP contribution is 2.14. The molecule has 6 heteroatoms. The topological polar surface area (TPSA) is 64.0 Å². The third kappa shape index (κ3) is 3.54. The molecular formula is C18H16BrN3O2. The number of fused-ring (bicyclic) bond motifs is 1. The van der Waals surface area contributed by atoms with Gasteiger partial charge >= 0.3 is 0 Å². The van der Waals surface area contributed by atoms with E-state index in [4.69, 9.17) is 0 Å². The number of aromatic nitrogens is 2. The summed E-state index contributed by atoms with van der Waals surface area (Å²) in [5.41, 5.74) is 1.44. The van der Waals surface area contributed by atoms with Crippen molar-refractivity contribution in [1.82, 2.24) is 15.1 Å². The van der Waals surface area contributed by atoms with Crippen molar-refractivity contribution in [3.05, 3.63) is 74.6 Å². The molecule has 1 amide bonds. The van der Waals surface area contributed by atoms with E-state index in [-0.39, 0.29) is 17.9 Å². The van der Waals surface area contributed by atoms with Gasteiger partial charge in [-0.05, 0) is 23.8 Å². The first-order valence-electron chi connectivity index (χ1n) is 7.50. The lowest BCUT2D eigenvalue weighted by Gasteiger charge is -2.09. The van der Waals surface area contributed by atoms with Crippen LogP contribution in [-0.2, 0) is 24.8 Å². The number of nitrogens with one attached hydrogen (secondary N) is 1. The molecule has 0 aliphatic carbocycles. The van der Waals surface area contributed by atoms with E-state index in [0.29, 0.717) is 17.6 Å². The molecule has 0 aliphatic heterocycles. The number of carbonyl (C=O) groups is 1. The Labute approximate surface area is 147 Å². The second kappa shape index (κ2) is 6.97. The molecule has 0 bridgehead atoms. The van der Waals surface area contributed by atoms with Gasteiger partial charge in [0.05, 0.1) is 17.5 Å². The van der Waals surface area contributed by atoms with Crippen LogP contribution in [0.5, 0.6) is 0 Å². The first kappa shape index (κ1) is 16.4. The van der Waals surface area contributed by atoms with Crippen LogP contribution in [0.4, 0.5) is 0 Å². The van der Waals surface area contributed by atoms with Gasteiger partial charge in [0.1, 0.15) is 0 Å². The van der Waals surface area contributed by atoms with Crippen molar-refractivity contribution in [3.8, 4) is 0 Å². The molecule has 1 heterocycles. The zero-order valence-electron chi connectivity index (χ0n) is 13.1. The highest BCUT2D eigenvalue weighted by Gasteiger charge is 2.12. The number of hydrogen-bond acceptors (Lipinski definition) is 3. The minimum Gasteiger partial charge on any atom is -0.352 e. The smallest absolute Gasteiger partial charge is 0.274 e. The van der Waals surface area contributed by atoms with Gasteiger partial charge in [-0.1, -0.05) is 46.3 Å². The Kier molecular flexibility index (Phi) is 4.76. The molecule has 2 aromatic carbocycles. The van der Waals surface area contributed by atoms with Gasteiger partial charge in [-0.2, -0.15) is 5.10 Å². The lowest BCUT2D eigenvalue weighted by molar-refractivity contribution is -0.120. The summed E-state index contributed by atoms with van der Waals surface area (Å²) in [5, 5.41) is 8.43. The van der Waals surface area contributed by atoms with E-state index in [2.05, 4.69) is 26.3 Å². The van der Waals surface area contributed by atoms with Crippen LogP contribution < -0.4 is 10.9 Å². The summed E-state index contributed by atoms with van der Waals surface area (Å²) >= 11 is 3.41. The van der Waals surface area contributed by atoms with Crippen LogP contribution in [0.3, 0.4) is 0 Å². The second-order valence-corrected chi connectivity index (χ2v) is 6.42. The van der Waals surface area contributed by atoms with Crippen molar-refractivity contribution in [2.45, 2.75) is 13.0 Å². The van der Waals surface area contributed by atoms with Crippen molar-refractivity contribution in [2.24, 2.45) is 7.05 Å². The highest BCUT2D eigenvalue weighted by atomic mass is 79.9. The lowest BCUT2D eigenvalue weighted by atomic mass is 10.1. The van der Waals surface area contributed by atoms with Crippen molar-refractivity contribution in [3.63, 3.8) is 0 Å². The number of halogens is 1. The Morgan fingerprint density at radius 1 is 1.17 bits per heavy atom. The van der Waals surface area contributed by atoms with Gasteiger partial charge in [-0.15, -0.1) is 0 Å². The number of nitrogens with zero attached hydrogens (tertiary/aromatic N) is 2. The molecule has 0 aliphatic rings. The summed E-state index contributed by atoms with van der Waals surface area (Å²) < 4.78 is 2.25. The van der Waals surface area contributed by atoms with Crippen molar-refractivity contribution >= 4 is 32.6 Å². The van der Waals surface area contributed by atoms with Crippen LogP contribution in [0.25, 0.3) is 10.8 Å². The predicted octanol–water partition coefficient (Wildman–Crippen LogP) is 2.55. The molecule has 3 rings (SSSR count). The number of benzene rings is 2. The molecule has 0 atom stereocenters. The molecule has 0 saturated carbocycles. The van der Waals surface area contributed by atoms with E-state index in [1.54, 1.807) is 19.2 Å². The van der Waals surface area contributed by atoms with Crippen molar-refractivity contribution < 1.29 is 4.79 Å². The largest absolute Gasteiger partial charge is 0.352 e. The van der Waals surface area contributed by atoms with Crippen molar-refractivity contribution in [2.75, 3.05) is 0 Å². The highest BCUT2D eigenvalue weighted by molar-refractivity contribution is 9.10. The zero-order valence-corrected chi connectivity index (χ0v) is 14.7. The SMILES string of the molecule is Cn1nc(CC(=O)NCc2cccc(Br)c2)c2ccccc2c1=O. The van der Waals surface area contributed by atoms with Crippen LogP contribution in [0.2, 0.25) is 0 Å². The Morgan fingerprint density at radius 2 is 1.92 bits per heavy atom. The minimum atomic E-state index is -0.163. The molecule has 0 saturated heterocycles. The molecule has 5 nitrogen and oxygen atoms in total. The summed E-state index contributed by atoms with van der Waals surface area (Å²) in [6.07, 6.45) is 0.128. The van der Waals surface area contributed by atoms with Gasteiger partial charge in [0.2, 0.25) is 5.91 Å². The first-order valence-corrected chi connectivity index (χ1v) is 8.30. The van der Waals surface area contributed by atoms with Gasteiger partial charge in [0, 0.05) is 23.5 Å². The molecule has 0 unspecified atom stereocenters. The molecule has 122 valence electrons.